The number of aromatic nitrogens is 2. The van der Waals surface area contributed by atoms with Crippen molar-refractivity contribution < 1.29 is 0 Å². The van der Waals surface area contributed by atoms with Crippen molar-refractivity contribution in [2.75, 3.05) is 12.4 Å². The summed E-state index contributed by atoms with van der Waals surface area (Å²) in [5.41, 5.74) is 10.8. The summed E-state index contributed by atoms with van der Waals surface area (Å²) >= 11 is 0. The molecule has 0 bridgehead atoms. The predicted octanol–water partition coefficient (Wildman–Crippen LogP) is 5.96. The molecule has 156 valence electrons. The normalized spacial score (nSPS) is 20.2. The summed E-state index contributed by atoms with van der Waals surface area (Å²) in [6.45, 7) is 13.0. The Morgan fingerprint density at radius 2 is 2.00 bits per heavy atom. The molecule has 1 fully saturated rings. The number of hydrogen-bond donors (Lipinski definition) is 3. The minimum Gasteiger partial charge on any atom is -0.356 e. The van der Waals surface area contributed by atoms with E-state index in [-0.39, 0.29) is 0 Å². The molecule has 0 saturated heterocycles. The summed E-state index contributed by atoms with van der Waals surface area (Å²) in [6.07, 6.45) is 6.77. The average molecular weight is 401 g/mol. The van der Waals surface area contributed by atoms with Gasteiger partial charge in [0.2, 0.25) is 0 Å². The molecule has 0 amide bonds. The molecule has 2 heterocycles. The molecule has 1 aliphatic rings. The number of nitrogens with one attached hydrogen (secondary N) is 3. The monoisotopic (exact) mass is 400 g/mol. The van der Waals surface area contributed by atoms with Crippen LogP contribution in [0.2, 0.25) is 0 Å². The molecule has 0 spiro atoms. The maximum absolute atomic E-state index is 4.29. The van der Waals surface area contributed by atoms with Crippen molar-refractivity contribution in [3.63, 3.8) is 0 Å². The Labute approximate surface area is 179 Å². The Morgan fingerprint density at radius 3 is 2.63 bits per heavy atom. The summed E-state index contributed by atoms with van der Waals surface area (Å²) in [4.78, 5) is 8.08. The molecule has 3 aromatic rings. The van der Waals surface area contributed by atoms with Crippen LogP contribution in [0, 0.1) is 19.8 Å². The summed E-state index contributed by atoms with van der Waals surface area (Å²) in [6, 6.07) is 9.05. The molecule has 3 unspecified atom stereocenters. The number of likely N-dealkylation sites (N-methyl/N-ethyl adjacent to an activating group) is 1. The predicted molar refractivity (Wildman–Crippen MR) is 127 cm³/mol. The van der Waals surface area contributed by atoms with Gasteiger partial charge < -0.3 is 15.6 Å². The number of H-pyrrole nitrogens is 1. The van der Waals surface area contributed by atoms with E-state index in [1.807, 2.05) is 25.5 Å². The number of aryl methyl sites for hydroxylation is 2. The number of benzene rings is 1. The van der Waals surface area contributed by atoms with Crippen molar-refractivity contribution in [1.29, 1.82) is 0 Å². The first-order valence-electron chi connectivity index (χ1n) is 10.8. The molecule has 3 atom stereocenters. The number of nitrogens with zero attached hydrogens (tertiary/aromatic N) is 1. The van der Waals surface area contributed by atoms with Crippen LogP contribution in [0.3, 0.4) is 0 Å². The average Bonchev–Trinajstić information content (AvgIpc) is 3.26. The molecule has 4 heteroatoms. The van der Waals surface area contributed by atoms with Crippen LogP contribution in [-0.2, 0) is 6.42 Å². The van der Waals surface area contributed by atoms with Gasteiger partial charge in [0.15, 0.2) is 0 Å². The fourth-order valence-electron chi connectivity index (χ4n) is 4.87. The molecular formula is C26H32N4. The first-order chi connectivity index (χ1) is 14.5. The minimum absolute atomic E-state index is 0.461. The standard InChI is InChI=1S/C26H32N4/c1-7-18-15(3)10-9-11-21(18)29-25-19(8-2)24(22-17(5)23(22)27-6)30-26(25)20-12-13-28-14-16(20)4/h8-14,17,22-23,27,29-30H,2,7H2,1,3-6H3. The van der Waals surface area contributed by atoms with Gasteiger partial charge in [0, 0.05) is 46.9 Å². The highest BCUT2D eigenvalue weighted by Crippen LogP contribution is 2.51. The van der Waals surface area contributed by atoms with Gasteiger partial charge in [-0.15, -0.1) is 0 Å². The lowest BCUT2D eigenvalue weighted by molar-refractivity contribution is 0.743. The summed E-state index contributed by atoms with van der Waals surface area (Å²) in [5, 5.41) is 7.24. The molecule has 4 rings (SSSR count). The van der Waals surface area contributed by atoms with E-state index in [0.717, 1.165) is 29.1 Å². The van der Waals surface area contributed by atoms with Crippen LogP contribution in [-0.4, -0.2) is 23.1 Å². The van der Waals surface area contributed by atoms with Gasteiger partial charge in [0.25, 0.3) is 0 Å². The van der Waals surface area contributed by atoms with Gasteiger partial charge in [-0.3, -0.25) is 4.98 Å². The van der Waals surface area contributed by atoms with Gasteiger partial charge in [0.05, 0.1) is 11.4 Å². The van der Waals surface area contributed by atoms with Crippen LogP contribution < -0.4 is 10.6 Å². The smallest absolute Gasteiger partial charge is 0.0720 e. The first kappa shape index (κ1) is 20.4. The maximum atomic E-state index is 4.29. The van der Waals surface area contributed by atoms with E-state index in [4.69, 9.17) is 0 Å². The van der Waals surface area contributed by atoms with E-state index in [1.54, 1.807) is 0 Å². The lowest BCUT2D eigenvalue weighted by Gasteiger charge is -2.16. The number of rotatable bonds is 7. The largest absolute Gasteiger partial charge is 0.356 e. The van der Waals surface area contributed by atoms with E-state index in [2.05, 4.69) is 79.1 Å². The van der Waals surface area contributed by atoms with Crippen molar-refractivity contribution in [3.8, 4) is 11.3 Å². The Kier molecular flexibility index (Phi) is 5.52. The summed E-state index contributed by atoms with van der Waals surface area (Å²) < 4.78 is 0. The van der Waals surface area contributed by atoms with Gasteiger partial charge in [-0.05, 0) is 62.1 Å². The summed E-state index contributed by atoms with van der Waals surface area (Å²) in [5.74, 6) is 1.05. The molecule has 4 nitrogen and oxygen atoms in total. The van der Waals surface area contributed by atoms with Crippen LogP contribution in [0.1, 0.15) is 47.7 Å². The van der Waals surface area contributed by atoms with Crippen LogP contribution in [0.4, 0.5) is 11.4 Å². The molecule has 1 aromatic carbocycles. The zero-order valence-electron chi connectivity index (χ0n) is 18.6. The number of hydrogen-bond acceptors (Lipinski definition) is 3. The molecule has 1 saturated carbocycles. The lowest BCUT2D eigenvalue weighted by Crippen LogP contribution is -2.11. The fourth-order valence-corrected chi connectivity index (χ4v) is 4.87. The van der Waals surface area contributed by atoms with Crippen LogP contribution >= 0.6 is 0 Å². The van der Waals surface area contributed by atoms with E-state index < -0.39 is 0 Å². The van der Waals surface area contributed by atoms with Crippen molar-refractivity contribution in [2.45, 2.75) is 46.1 Å². The topological polar surface area (TPSA) is 52.7 Å². The third-order valence-corrected chi connectivity index (χ3v) is 6.63. The number of pyridine rings is 1. The highest BCUT2D eigenvalue weighted by atomic mass is 15.0. The zero-order chi connectivity index (χ0) is 21.4. The van der Waals surface area contributed by atoms with E-state index >= 15 is 0 Å². The molecule has 0 radical (unpaired) electrons. The van der Waals surface area contributed by atoms with Crippen LogP contribution in [0.25, 0.3) is 17.3 Å². The quantitative estimate of drug-likeness (QED) is 0.458. The third kappa shape index (κ3) is 3.35. The van der Waals surface area contributed by atoms with Crippen LogP contribution in [0.5, 0.6) is 0 Å². The minimum atomic E-state index is 0.461. The molecule has 1 aliphatic carbocycles. The van der Waals surface area contributed by atoms with Crippen molar-refractivity contribution in [3.05, 3.63) is 71.2 Å². The Morgan fingerprint density at radius 1 is 1.20 bits per heavy atom. The first-order valence-corrected chi connectivity index (χ1v) is 10.8. The third-order valence-electron chi connectivity index (χ3n) is 6.63. The van der Waals surface area contributed by atoms with Gasteiger partial charge in [-0.25, -0.2) is 0 Å². The molecule has 3 N–H and O–H groups in total. The van der Waals surface area contributed by atoms with E-state index in [0.29, 0.717) is 17.9 Å². The lowest BCUT2D eigenvalue weighted by atomic mass is 10.0. The van der Waals surface area contributed by atoms with E-state index in [1.165, 1.54) is 27.9 Å². The highest BCUT2D eigenvalue weighted by Gasteiger charge is 2.48. The summed E-state index contributed by atoms with van der Waals surface area (Å²) in [7, 11) is 2.05. The highest BCUT2D eigenvalue weighted by molar-refractivity contribution is 5.89. The Balaban J connectivity index is 1.90. The molecular weight excluding hydrogens is 368 g/mol. The second-order valence-electron chi connectivity index (χ2n) is 8.38. The van der Waals surface area contributed by atoms with Crippen LogP contribution in [0.15, 0.2) is 43.2 Å². The van der Waals surface area contributed by atoms with Gasteiger partial charge in [-0.2, -0.15) is 0 Å². The zero-order valence-corrected chi connectivity index (χ0v) is 18.6. The van der Waals surface area contributed by atoms with Gasteiger partial charge in [0.1, 0.15) is 0 Å². The molecule has 2 aromatic heterocycles. The second kappa shape index (κ2) is 8.11. The fraction of sp³-hybridized carbons (Fsp3) is 0.346. The molecule has 30 heavy (non-hydrogen) atoms. The Bertz CT molecular complexity index is 1080. The van der Waals surface area contributed by atoms with Crippen molar-refractivity contribution in [1.82, 2.24) is 15.3 Å². The number of aromatic amines is 1. The van der Waals surface area contributed by atoms with Crippen molar-refractivity contribution >= 4 is 17.5 Å². The second-order valence-corrected chi connectivity index (χ2v) is 8.38. The van der Waals surface area contributed by atoms with Gasteiger partial charge >= 0.3 is 0 Å². The van der Waals surface area contributed by atoms with Crippen molar-refractivity contribution in [2.24, 2.45) is 5.92 Å². The SMILES string of the molecule is C=Cc1c(C2C(C)C2NC)[nH]c(-c2ccncc2C)c1Nc1cccc(C)c1CC. The Hall–Kier alpha value is -2.85. The van der Waals surface area contributed by atoms with Gasteiger partial charge in [-0.1, -0.05) is 38.6 Å². The van der Waals surface area contributed by atoms with E-state index in [9.17, 15) is 0 Å². The maximum Gasteiger partial charge on any atom is 0.0720 e. The molecule has 0 aliphatic heterocycles. The number of anilines is 2.